The van der Waals surface area contributed by atoms with Gasteiger partial charge in [0.15, 0.2) is 5.65 Å². The fourth-order valence-corrected chi connectivity index (χ4v) is 5.26. The topological polar surface area (TPSA) is 189 Å². The molecule has 1 fully saturated rings. The number of fused-ring (bicyclic) bond motifs is 1. The van der Waals surface area contributed by atoms with Gasteiger partial charge in [-0.2, -0.15) is 15.2 Å². The molecule has 0 radical (unpaired) electrons. The van der Waals surface area contributed by atoms with Crippen LogP contribution in [0.4, 0.5) is 5.82 Å². The van der Waals surface area contributed by atoms with Crippen molar-refractivity contribution in [2.45, 2.75) is 52.6 Å². The average Bonchev–Trinajstić information content (AvgIpc) is 3.39. The van der Waals surface area contributed by atoms with Gasteiger partial charge in [-0.1, -0.05) is 32.4 Å². The van der Waals surface area contributed by atoms with E-state index in [1.165, 1.54) is 6.92 Å². The van der Waals surface area contributed by atoms with Crippen molar-refractivity contribution in [2.75, 3.05) is 52.2 Å². The molecule has 14 heteroatoms. The molecule has 0 bridgehead atoms. The molecule has 3 heterocycles. The van der Waals surface area contributed by atoms with Gasteiger partial charge < -0.3 is 35.1 Å². The molecule has 46 heavy (non-hydrogen) atoms. The smallest absolute Gasteiger partial charge is 0.320 e. The molecule has 1 aliphatic heterocycles. The van der Waals surface area contributed by atoms with Gasteiger partial charge in [-0.3, -0.25) is 19.3 Å². The SMILES string of the molecule is CCCCOc1nc(N)c2cc(C#N)n(Cc3ccc(CN4CCN(C(=O)CCNC(=O)CC(C)C(=O)O)CC4)cc3OC)c2n1. The highest BCUT2D eigenvalue weighted by atomic mass is 16.5. The lowest BCUT2D eigenvalue weighted by molar-refractivity contribution is -0.143. The number of benzene rings is 1. The summed E-state index contributed by atoms with van der Waals surface area (Å²) in [5.74, 6) is -1.28. The van der Waals surface area contributed by atoms with E-state index in [2.05, 4.69) is 33.2 Å². The van der Waals surface area contributed by atoms with Crippen LogP contribution in [0.25, 0.3) is 11.0 Å². The average molecular weight is 635 g/mol. The van der Waals surface area contributed by atoms with Crippen LogP contribution >= 0.6 is 0 Å². The number of piperazine rings is 1. The van der Waals surface area contributed by atoms with Gasteiger partial charge in [0, 0.05) is 57.7 Å². The van der Waals surface area contributed by atoms with Crippen molar-refractivity contribution in [3.8, 4) is 17.8 Å². The largest absolute Gasteiger partial charge is 0.496 e. The monoisotopic (exact) mass is 634 g/mol. The third-order valence-electron chi connectivity index (χ3n) is 7.99. The first kappa shape index (κ1) is 34.0. The number of aliphatic carboxylic acids is 1. The van der Waals surface area contributed by atoms with Crippen LogP contribution in [0, 0.1) is 17.2 Å². The fraction of sp³-hybridized carbons (Fsp3) is 0.500. The molecule has 0 saturated carbocycles. The van der Waals surface area contributed by atoms with Gasteiger partial charge in [0.25, 0.3) is 0 Å². The number of amides is 2. The van der Waals surface area contributed by atoms with Gasteiger partial charge in [0.05, 0.1) is 31.6 Å². The number of carboxylic acids is 1. The van der Waals surface area contributed by atoms with Crippen molar-refractivity contribution < 1.29 is 29.0 Å². The van der Waals surface area contributed by atoms with Gasteiger partial charge in [-0.15, -0.1) is 0 Å². The van der Waals surface area contributed by atoms with Crippen LogP contribution in [0.2, 0.25) is 0 Å². The number of ether oxygens (including phenoxy) is 2. The summed E-state index contributed by atoms with van der Waals surface area (Å²) >= 11 is 0. The lowest BCUT2D eigenvalue weighted by Crippen LogP contribution is -2.48. The van der Waals surface area contributed by atoms with E-state index in [9.17, 15) is 19.6 Å². The second kappa shape index (κ2) is 15.9. The normalized spacial score (nSPS) is 14.1. The van der Waals surface area contributed by atoms with E-state index >= 15 is 0 Å². The molecule has 1 aromatic carbocycles. The first-order valence-electron chi connectivity index (χ1n) is 15.5. The van der Waals surface area contributed by atoms with E-state index < -0.39 is 11.9 Å². The highest BCUT2D eigenvalue weighted by Crippen LogP contribution is 2.29. The molecule has 3 aromatic rings. The number of nitrogen functional groups attached to an aromatic ring is 1. The molecular formula is C32H42N8O6. The molecule has 1 atom stereocenters. The van der Waals surface area contributed by atoms with E-state index in [1.54, 1.807) is 22.6 Å². The van der Waals surface area contributed by atoms with Crippen LogP contribution in [0.3, 0.4) is 0 Å². The van der Waals surface area contributed by atoms with E-state index in [1.807, 2.05) is 18.2 Å². The number of methoxy groups -OCH3 is 1. The van der Waals surface area contributed by atoms with Gasteiger partial charge in [-0.05, 0) is 24.1 Å². The standard InChI is InChI=1S/C32H42N8O6/c1-4-5-14-46-32-36-29(34)25-17-24(18-33)40(30(25)37-32)20-23-7-6-22(16-26(23)45-3)19-38-10-12-39(13-11-38)28(42)8-9-35-27(41)15-21(2)31(43)44/h6-7,16-17,21H,4-5,8-15,19-20H2,1-3H3,(H,35,41)(H,43,44)(H2,34,36,37). The predicted molar refractivity (Wildman–Crippen MR) is 170 cm³/mol. The van der Waals surface area contributed by atoms with Crippen LogP contribution in [0.1, 0.15) is 56.4 Å². The number of carboxylic acid groups (broad SMARTS) is 1. The Morgan fingerprint density at radius 2 is 1.91 bits per heavy atom. The van der Waals surface area contributed by atoms with Gasteiger partial charge in [0.2, 0.25) is 11.8 Å². The Morgan fingerprint density at radius 1 is 1.15 bits per heavy atom. The lowest BCUT2D eigenvalue weighted by atomic mass is 10.1. The minimum Gasteiger partial charge on any atom is -0.496 e. The molecular weight excluding hydrogens is 592 g/mol. The zero-order valence-corrected chi connectivity index (χ0v) is 26.6. The molecule has 0 aliphatic carbocycles. The third kappa shape index (κ3) is 8.63. The Bertz CT molecular complexity index is 1590. The highest BCUT2D eigenvalue weighted by Gasteiger charge is 2.23. The molecule has 0 spiro atoms. The summed E-state index contributed by atoms with van der Waals surface area (Å²) in [6.45, 7) is 7.75. The number of nitriles is 1. The molecule has 1 unspecified atom stereocenters. The quantitative estimate of drug-likeness (QED) is 0.208. The molecule has 1 aliphatic rings. The lowest BCUT2D eigenvalue weighted by Gasteiger charge is -2.35. The zero-order valence-electron chi connectivity index (χ0n) is 26.6. The van der Waals surface area contributed by atoms with Crippen molar-refractivity contribution >= 4 is 34.6 Å². The molecule has 2 aromatic heterocycles. The van der Waals surface area contributed by atoms with E-state index in [0.717, 1.165) is 24.0 Å². The van der Waals surface area contributed by atoms with Crippen molar-refractivity contribution in [1.82, 2.24) is 29.7 Å². The number of carbonyl (C=O) groups is 3. The van der Waals surface area contributed by atoms with Crippen molar-refractivity contribution in [2.24, 2.45) is 5.92 Å². The Hall–Kier alpha value is -4.90. The summed E-state index contributed by atoms with van der Waals surface area (Å²) in [6, 6.07) is 10.1. The first-order valence-corrected chi connectivity index (χ1v) is 15.5. The molecule has 14 nitrogen and oxygen atoms in total. The zero-order chi connectivity index (χ0) is 33.2. The summed E-state index contributed by atoms with van der Waals surface area (Å²) in [5.41, 5.74) is 9.03. The number of nitrogens with two attached hydrogens (primary N) is 1. The van der Waals surface area contributed by atoms with Crippen LogP contribution in [-0.2, 0) is 27.5 Å². The van der Waals surface area contributed by atoms with Crippen molar-refractivity contribution in [3.63, 3.8) is 0 Å². The van der Waals surface area contributed by atoms with Crippen LogP contribution in [0.5, 0.6) is 11.8 Å². The number of nitrogens with one attached hydrogen (secondary N) is 1. The number of nitrogens with zero attached hydrogens (tertiary/aromatic N) is 6. The summed E-state index contributed by atoms with van der Waals surface area (Å²) in [7, 11) is 1.61. The Balaban J connectivity index is 1.34. The Morgan fingerprint density at radius 3 is 2.59 bits per heavy atom. The Labute approximate surface area is 268 Å². The van der Waals surface area contributed by atoms with Crippen LogP contribution in [0.15, 0.2) is 24.3 Å². The minimum absolute atomic E-state index is 0.0433. The summed E-state index contributed by atoms with van der Waals surface area (Å²) in [4.78, 5) is 48.3. The van der Waals surface area contributed by atoms with Gasteiger partial charge >= 0.3 is 12.0 Å². The van der Waals surface area contributed by atoms with Gasteiger partial charge in [0.1, 0.15) is 23.3 Å². The number of unbranched alkanes of at least 4 members (excludes halogenated alkanes) is 1. The van der Waals surface area contributed by atoms with Crippen molar-refractivity contribution in [1.29, 1.82) is 5.26 Å². The second-order valence-electron chi connectivity index (χ2n) is 11.4. The number of anilines is 1. The number of rotatable bonds is 15. The van der Waals surface area contributed by atoms with E-state index in [-0.39, 0.29) is 43.0 Å². The summed E-state index contributed by atoms with van der Waals surface area (Å²) < 4.78 is 13.2. The summed E-state index contributed by atoms with van der Waals surface area (Å²) in [6.07, 6.45) is 1.89. The minimum atomic E-state index is -1.03. The highest BCUT2D eigenvalue weighted by molar-refractivity contribution is 5.88. The van der Waals surface area contributed by atoms with Crippen molar-refractivity contribution in [3.05, 3.63) is 41.1 Å². The maximum absolute atomic E-state index is 12.7. The molecule has 2 amide bonds. The maximum Gasteiger partial charge on any atom is 0.320 e. The molecule has 1 saturated heterocycles. The first-order chi connectivity index (χ1) is 22.1. The number of aromatic nitrogens is 3. The maximum atomic E-state index is 12.7. The Kier molecular flexibility index (Phi) is 11.7. The fourth-order valence-electron chi connectivity index (χ4n) is 5.26. The predicted octanol–water partition coefficient (Wildman–Crippen LogP) is 2.38. The van der Waals surface area contributed by atoms with E-state index in [0.29, 0.717) is 68.4 Å². The molecule has 246 valence electrons. The van der Waals surface area contributed by atoms with E-state index in [4.69, 9.17) is 20.3 Å². The number of carbonyl (C=O) groups excluding carboxylic acids is 2. The molecule has 4 rings (SSSR count). The third-order valence-corrected chi connectivity index (χ3v) is 7.99. The summed E-state index contributed by atoms with van der Waals surface area (Å²) in [5, 5.41) is 22.0. The molecule has 4 N–H and O–H groups in total. The van der Waals surface area contributed by atoms with Gasteiger partial charge in [-0.25, -0.2) is 0 Å². The van der Waals surface area contributed by atoms with Crippen LogP contribution < -0.4 is 20.5 Å². The van der Waals surface area contributed by atoms with Crippen LogP contribution in [-0.4, -0.2) is 93.7 Å². The number of hydrogen-bond donors (Lipinski definition) is 3. The number of hydrogen-bond acceptors (Lipinski definition) is 10. The second-order valence-corrected chi connectivity index (χ2v) is 11.4.